The zero-order valence-corrected chi connectivity index (χ0v) is 10.9. The van der Waals surface area contributed by atoms with Gasteiger partial charge in [0.1, 0.15) is 18.7 Å². The van der Waals surface area contributed by atoms with E-state index in [-0.39, 0.29) is 6.61 Å². The first kappa shape index (κ1) is 12.9. The summed E-state index contributed by atoms with van der Waals surface area (Å²) in [6.07, 6.45) is 0.967. The molecule has 0 saturated carbocycles. The Hall–Kier alpha value is -1.59. The minimum Gasteiger partial charge on any atom is -0.485 e. The molecular weight excluding hydrogens is 254 g/mol. The summed E-state index contributed by atoms with van der Waals surface area (Å²) in [5, 5.41) is 17.9. The third-order valence-corrected chi connectivity index (χ3v) is 2.82. The van der Waals surface area contributed by atoms with Gasteiger partial charge in [0.05, 0.1) is 6.10 Å². The van der Waals surface area contributed by atoms with Gasteiger partial charge in [0.2, 0.25) is 0 Å². The van der Waals surface area contributed by atoms with Crippen LogP contribution >= 0.6 is 11.6 Å². The van der Waals surface area contributed by atoms with Gasteiger partial charge in [0, 0.05) is 17.6 Å². The third-order valence-electron chi connectivity index (χ3n) is 2.58. The number of hydrogen-bond donors (Lipinski definition) is 1. The maximum Gasteiger partial charge on any atom is 0.170 e. The number of aliphatic hydroxyl groups is 1. The Morgan fingerprint density at radius 3 is 2.89 bits per heavy atom. The van der Waals surface area contributed by atoms with Crippen molar-refractivity contribution in [3.8, 4) is 5.75 Å². The second-order valence-electron chi connectivity index (χ2n) is 4.00. The second kappa shape index (κ2) is 5.37. The van der Waals surface area contributed by atoms with E-state index in [4.69, 9.17) is 16.3 Å². The second-order valence-corrected chi connectivity index (χ2v) is 4.44. The van der Waals surface area contributed by atoms with Crippen LogP contribution in [0.4, 0.5) is 0 Å². The Balaban J connectivity index is 2.16. The first-order chi connectivity index (χ1) is 8.58. The number of nitrogens with zero attached hydrogens (tertiary/aromatic N) is 3. The summed E-state index contributed by atoms with van der Waals surface area (Å²) in [6, 6.07) is 5.15. The summed E-state index contributed by atoms with van der Waals surface area (Å²) in [7, 11) is 1.84. The summed E-state index contributed by atoms with van der Waals surface area (Å²) in [5.41, 5.74) is 0.657. The van der Waals surface area contributed by atoms with E-state index in [9.17, 15) is 5.11 Å². The Morgan fingerprint density at radius 1 is 1.50 bits per heavy atom. The molecular formula is C12H14ClN3O2. The average Bonchev–Trinajstić information content (AvgIpc) is 2.73. The molecule has 0 amide bonds. The smallest absolute Gasteiger partial charge is 0.170 e. The van der Waals surface area contributed by atoms with Crippen LogP contribution < -0.4 is 4.74 Å². The highest BCUT2D eigenvalue weighted by molar-refractivity contribution is 6.30. The van der Waals surface area contributed by atoms with Crippen LogP contribution in [0.3, 0.4) is 0 Å². The highest BCUT2D eigenvalue weighted by Gasteiger charge is 2.11. The molecule has 0 fully saturated rings. The lowest BCUT2D eigenvalue weighted by Gasteiger charge is -2.13. The van der Waals surface area contributed by atoms with Crippen molar-refractivity contribution >= 4 is 11.6 Å². The Bertz CT molecular complexity index is 540. The third kappa shape index (κ3) is 2.80. The van der Waals surface area contributed by atoms with Crippen molar-refractivity contribution in [2.24, 2.45) is 7.05 Å². The van der Waals surface area contributed by atoms with Crippen LogP contribution in [0, 0.1) is 0 Å². The van der Waals surface area contributed by atoms with E-state index in [1.54, 1.807) is 36.0 Å². The molecule has 96 valence electrons. The van der Waals surface area contributed by atoms with Gasteiger partial charge in [-0.15, -0.1) is 10.2 Å². The number of benzene rings is 1. The Morgan fingerprint density at radius 2 is 2.28 bits per heavy atom. The van der Waals surface area contributed by atoms with Gasteiger partial charge in [0.25, 0.3) is 0 Å². The molecule has 1 N–H and O–H groups in total. The van der Waals surface area contributed by atoms with Gasteiger partial charge in [-0.05, 0) is 25.1 Å². The summed E-state index contributed by atoms with van der Waals surface area (Å²) in [5.74, 6) is 1.30. The average molecular weight is 268 g/mol. The lowest BCUT2D eigenvalue weighted by Crippen LogP contribution is -2.05. The van der Waals surface area contributed by atoms with E-state index in [0.29, 0.717) is 22.2 Å². The van der Waals surface area contributed by atoms with E-state index in [1.807, 2.05) is 7.05 Å². The topological polar surface area (TPSA) is 60.2 Å². The monoisotopic (exact) mass is 267 g/mol. The van der Waals surface area contributed by atoms with Crippen LogP contribution in [0.2, 0.25) is 5.02 Å². The van der Waals surface area contributed by atoms with Gasteiger partial charge < -0.3 is 14.4 Å². The van der Waals surface area contributed by atoms with Crippen LogP contribution in [0.1, 0.15) is 24.4 Å². The van der Waals surface area contributed by atoms with Crippen molar-refractivity contribution < 1.29 is 9.84 Å². The minimum absolute atomic E-state index is 0.290. The molecule has 2 aromatic rings. The molecule has 1 heterocycles. The number of ether oxygens (including phenoxy) is 1. The molecule has 6 heteroatoms. The van der Waals surface area contributed by atoms with Crippen molar-refractivity contribution in [1.29, 1.82) is 0 Å². The maximum absolute atomic E-state index is 9.67. The van der Waals surface area contributed by atoms with Gasteiger partial charge in [0.15, 0.2) is 5.82 Å². The molecule has 0 radical (unpaired) electrons. The predicted molar refractivity (Wildman–Crippen MR) is 67.4 cm³/mol. The highest BCUT2D eigenvalue weighted by atomic mass is 35.5. The fraction of sp³-hybridized carbons (Fsp3) is 0.333. The molecule has 0 unspecified atom stereocenters. The predicted octanol–water partition coefficient (Wildman–Crippen LogP) is 2.10. The number of hydrogen-bond acceptors (Lipinski definition) is 4. The van der Waals surface area contributed by atoms with Gasteiger partial charge in [-0.1, -0.05) is 11.6 Å². The zero-order chi connectivity index (χ0) is 13.1. The highest BCUT2D eigenvalue weighted by Crippen LogP contribution is 2.28. The van der Waals surface area contributed by atoms with Crippen molar-refractivity contribution in [2.45, 2.75) is 19.6 Å². The largest absolute Gasteiger partial charge is 0.485 e. The van der Waals surface area contributed by atoms with Crippen LogP contribution in [0.25, 0.3) is 0 Å². The molecule has 0 aliphatic carbocycles. The van der Waals surface area contributed by atoms with Crippen molar-refractivity contribution in [3.63, 3.8) is 0 Å². The van der Waals surface area contributed by atoms with Crippen LogP contribution in [0.15, 0.2) is 24.5 Å². The van der Waals surface area contributed by atoms with Gasteiger partial charge in [-0.25, -0.2) is 0 Å². The molecule has 2 rings (SSSR count). The molecule has 0 bridgehead atoms. The van der Waals surface area contributed by atoms with Crippen molar-refractivity contribution in [3.05, 3.63) is 40.9 Å². The molecule has 1 aromatic heterocycles. The molecule has 1 atom stereocenters. The van der Waals surface area contributed by atoms with Crippen LogP contribution in [0.5, 0.6) is 5.75 Å². The number of aromatic nitrogens is 3. The summed E-state index contributed by atoms with van der Waals surface area (Å²) in [4.78, 5) is 0. The summed E-state index contributed by atoms with van der Waals surface area (Å²) < 4.78 is 7.41. The number of aliphatic hydroxyl groups excluding tert-OH is 1. The minimum atomic E-state index is -0.641. The zero-order valence-electron chi connectivity index (χ0n) is 10.2. The number of halogens is 1. The fourth-order valence-corrected chi connectivity index (χ4v) is 1.74. The molecule has 5 nitrogen and oxygen atoms in total. The maximum atomic E-state index is 9.67. The Labute approximate surface area is 110 Å². The van der Waals surface area contributed by atoms with Crippen molar-refractivity contribution in [1.82, 2.24) is 14.8 Å². The first-order valence-electron chi connectivity index (χ1n) is 5.51. The molecule has 0 aliphatic heterocycles. The van der Waals surface area contributed by atoms with Gasteiger partial charge in [-0.2, -0.15) is 0 Å². The first-order valence-corrected chi connectivity index (χ1v) is 5.89. The van der Waals surface area contributed by atoms with Crippen LogP contribution in [-0.2, 0) is 13.7 Å². The summed E-state index contributed by atoms with van der Waals surface area (Å²) in [6.45, 7) is 1.96. The SMILES string of the molecule is C[C@H](O)c1cc(Cl)ccc1OCc1nncn1C. The van der Waals surface area contributed by atoms with Gasteiger partial charge >= 0.3 is 0 Å². The van der Waals surface area contributed by atoms with Crippen LogP contribution in [-0.4, -0.2) is 19.9 Å². The Kier molecular flexibility index (Phi) is 3.84. The molecule has 0 saturated heterocycles. The van der Waals surface area contributed by atoms with E-state index >= 15 is 0 Å². The van der Waals surface area contributed by atoms with Crippen molar-refractivity contribution in [2.75, 3.05) is 0 Å². The lowest BCUT2D eigenvalue weighted by molar-refractivity contribution is 0.189. The summed E-state index contributed by atoms with van der Waals surface area (Å²) >= 11 is 5.89. The van der Waals surface area contributed by atoms with E-state index in [1.165, 1.54) is 0 Å². The van der Waals surface area contributed by atoms with Gasteiger partial charge in [-0.3, -0.25) is 0 Å². The molecule has 0 spiro atoms. The van der Waals surface area contributed by atoms with E-state index < -0.39 is 6.10 Å². The number of aryl methyl sites for hydroxylation is 1. The molecule has 18 heavy (non-hydrogen) atoms. The fourth-order valence-electron chi connectivity index (χ4n) is 1.56. The molecule has 0 aliphatic rings. The normalized spacial score (nSPS) is 12.4. The lowest BCUT2D eigenvalue weighted by atomic mass is 10.1. The van der Waals surface area contributed by atoms with E-state index in [2.05, 4.69) is 10.2 Å². The number of rotatable bonds is 4. The quantitative estimate of drug-likeness (QED) is 0.922. The standard InChI is InChI=1S/C12H14ClN3O2/c1-8(17)10-5-9(13)3-4-11(10)18-6-12-15-14-7-16(12)2/h3-5,7-8,17H,6H2,1-2H3/t8-/m0/s1. The van der Waals surface area contributed by atoms with E-state index in [0.717, 1.165) is 0 Å². The molecule has 1 aromatic carbocycles.